The van der Waals surface area contributed by atoms with Crippen LogP contribution in [0.15, 0.2) is 29.3 Å². The van der Waals surface area contributed by atoms with Crippen molar-refractivity contribution in [3.05, 3.63) is 29.8 Å². The number of nitrogens with two attached hydrogens (primary N) is 1. The van der Waals surface area contributed by atoms with E-state index in [1.807, 2.05) is 18.2 Å². The maximum atomic E-state index is 10.8. The van der Waals surface area contributed by atoms with E-state index in [-0.39, 0.29) is 12.7 Å². The zero-order chi connectivity index (χ0) is 19.3. The van der Waals surface area contributed by atoms with Crippen LogP contribution < -0.4 is 21.1 Å². The van der Waals surface area contributed by atoms with E-state index < -0.39 is 5.91 Å². The van der Waals surface area contributed by atoms with Crippen LogP contribution in [-0.4, -0.2) is 58.0 Å². The number of hydrogen-bond acceptors (Lipinski definition) is 5. The Labute approximate surface area is 160 Å². The second-order valence-electron chi connectivity index (χ2n) is 6.32. The first-order chi connectivity index (χ1) is 13.2. The van der Waals surface area contributed by atoms with Crippen molar-refractivity contribution in [1.82, 2.24) is 10.6 Å². The number of hydrogen-bond donors (Lipinski definition) is 3. The molecule has 1 unspecified atom stereocenters. The van der Waals surface area contributed by atoms with Crippen LogP contribution in [-0.2, 0) is 20.8 Å². The molecular weight excluding hydrogens is 348 g/mol. The SMILES string of the molecule is CN=C(NCCCOCC1CCCO1)NCc1cccc(OCC(N)=O)c1. The van der Waals surface area contributed by atoms with Crippen LogP contribution in [0.25, 0.3) is 0 Å². The molecule has 0 bridgehead atoms. The molecule has 0 spiro atoms. The highest BCUT2D eigenvalue weighted by Crippen LogP contribution is 2.13. The van der Waals surface area contributed by atoms with Crippen molar-refractivity contribution in [2.75, 3.05) is 40.0 Å². The van der Waals surface area contributed by atoms with E-state index in [1.165, 1.54) is 0 Å². The second kappa shape index (κ2) is 12.1. The first-order valence-electron chi connectivity index (χ1n) is 9.31. The van der Waals surface area contributed by atoms with Gasteiger partial charge in [0.15, 0.2) is 12.6 Å². The molecule has 2 rings (SSSR count). The molecule has 4 N–H and O–H groups in total. The number of aliphatic imine (C=N–C) groups is 1. The van der Waals surface area contributed by atoms with Crippen LogP contribution >= 0.6 is 0 Å². The number of amides is 1. The molecule has 0 aromatic heterocycles. The number of rotatable bonds is 11. The summed E-state index contributed by atoms with van der Waals surface area (Å²) in [6.45, 7) is 3.47. The zero-order valence-electron chi connectivity index (χ0n) is 15.9. The van der Waals surface area contributed by atoms with Crippen molar-refractivity contribution >= 4 is 11.9 Å². The predicted molar refractivity (Wildman–Crippen MR) is 104 cm³/mol. The van der Waals surface area contributed by atoms with Gasteiger partial charge < -0.3 is 30.6 Å². The number of carbonyl (C=O) groups excluding carboxylic acids is 1. The molecule has 1 aliphatic rings. The summed E-state index contributed by atoms with van der Waals surface area (Å²) < 4.78 is 16.5. The molecule has 1 aromatic rings. The fraction of sp³-hybridized carbons (Fsp3) is 0.579. The highest BCUT2D eigenvalue weighted by atomic mass is 16.5. The Bertz CT molecular complexity index is 603. The molecule has 1 heterocycles. The van der Waals surface area contributed by atoms with Crippen LogP contribution in [0.1, 0.15) is 24.8 Å². The van der Waals surface area contributed by atoms with E-state index in [1.54, 1.807) is 13.1 Å². The Balaban J connectivity index is 1.60. The molecule has 1 aromatic carbocycles. The van der Waals surface area contributed by atoms with Gasteiger partial charge in [-0.2, -0.15) is 0 Å². The molecule has 150 valence electrons. The first kappa shape index (κ1) is 21.0. The van der Waals surface area contributed by atoms with E-state index in [0.29, 0.717) is 25.5 Å². The van der Waals surface area contributed by atoms with Crippen LogP contribution in [0.5, 0.6) is 5.75 Å². The largest absolute Gasteiger partial charge is 0.484 e. The third-order valence-corrected chi connectivity index (χ3v) is 4.05. The van der Waals surface area contributed by atoms with E-state index in [0.717, 1.165) is 43.9 Å². The van der Waals surface area contributed by atoms with Crippen molar-refractivity contribution in [2.24, 2.45) is 10.7 Å². The number of carbonyl (C=O) groups is 1. The minimum atomic E-state index is -0.497. The van der Waals surface area contributed by atoms with Crippen molar-refractivity contribution in [3.8, 4) is 5.75 Å². The summed E-state index contributed by atoms with van der Waals surface area (Å²) in [5.74, 6) is 0.833. The summed E-state index contributed by atoms with van der Waals surface area (Å²) in [6, 6.07) is 7.49. The summed E-state index contributed by atoms with van der Waals surface area (Å²) in [5, 5.41) is 6.50. The first-order valence-corrected chi connectivity index (χ1v) is 9.31. The molecule has 0 radical (unpaired) electrons. The van der Waals surface area contributed by atoms with Crippen LogP contribution in [0.4, 0.5) is 0 Å². The van der Waals surface area contributed by atoms with Crippen LogP contribution in [0.2, 0.25) is 0 Å². The standard InChI is InChI=1S/C19H30N4O4/c1-21-19(22-8-4-9-25-13-17-7-3-10-26-17)23-12-15-5-2-6-16(11-15)27-14-18(20)24/h2,5-6,11,17H,3-4,7-10,12-14H2,1H3,(H2,20,24)(H2,21,22,23). The predicted octanol–water partition coefficient (Wildman–Crippen LogP) is 0.801. The quantitative estimate of drug-likeness (QED) is 0.299. The molecule has 1 saturated heterocycles. The van der Waals surface area contributed by atoms with E-state index in [4.69, 9.17) is 19.9 Å². The highest BCUT2D eigenvalue weighted by molar-refractivity contribution is 5.79. The molecule has 0 saturated carbocycles. The number of benzene rings is 1. The van der Waals surface area contributed by atoms with E-state index in [2.05, 4.69) is 15.6 Å². The Morgan fingerprint density at radius 3 is 3.04 bits per heavy atom. The second-order valence-corrected chi connectivity index (χ2v) is 6.32. The minimum Gasteiger partial charge on any atom is -0.484 e. The van der Waals surface area contributed by atoms with Gasteiger partial charge in [-0.1, -0.05) is 12.1 Å². The fourth-order valence-electron chi connectivity index (χ4n) is 2.68. The smallest absolute Gasteiger partial charge is 0.255 e. The lowest BCUT2D eigenvalue weighted by Crippen LogP contribution is -2.37. The Kier molecular flexibility index (Phi) is 9.43. The third-order valence-electron chi connectivity index (χ3n) is 4.05. The molecule has 8 nitrogen and oxygen atoms in total. The fourth-order valence-corrected chi connectivity index (χ4v) is 2.68. The van der Waals surface area contributed by atoms with Crippen molar-refractivity contribution in [1.29, 1.82) is 0 Å². The van der Waals surface area contributed by atoms with E-state index >= 15 is 0 Å². The molecule has 0 aliphatic carbocycles. The van der Waals surface area contributed by atoms with Crippen LogP contribution in [0.3, 0.4) is 0 Å². The minimum absolute atomic E-state index is 0.130. The molecule has 8 heteroatoms. The van der Waals surface area contributed by atoms with Gasteiger partial charge in [0.2, 0.25) is 0 Å². The van der Waals surface area contributed by atoms with Gasteiger partial charge >= 0.3 is 0 Å². The summed E-state index contributed by atoms with van der Waals surface area (Å²) in [5.41, 5.74) is 6.10. The lowest BCUT2D eigenvalue weighted by atomic mass is 10.2. The summed E-state index contributed by atoms with van der Waals surface area (Å²) in [4.78, 5) is 15.0. The number of guanidine groups is 1. The Morgan fingerprint density at radius 2 is 2.30 bits per heavy atom. The highest BCUT2D eigenvalue weighted by Gasteiger charge is 2.14. The number of primary amides is 1. The third kappa shape index (κ3) is 8.74. The zero-order valence-corrected chi connectivity index (χ0v) is 15.9. The maximum Gasteiger partial charge on any atom is 0.255 e. The van der Waals surface area contributed by atoms with Crippen molar-refractivity contribution in [3.63, 3.8) is 0 Å². The average Bonchev–Trinajstić information content (AvgIpc) is 3.19. The summed E-state index contributed by atoms with van der Waals surface area (Å²) >= 11 is 0. The molecule has 1 amide bonds. The average molecular weight is 378 g/mol. The lowest BCUT2D eigenvalue weighted by Gasteiger charge is -2.13. The van der Waals surface area contributed by atoms with Gasteiger partial charge in [-0.05, 0) is 37.0 Å². The molecule has 1 fully saturated rings. The Hall–Kier alpha value is -2.32. The lowest BCUT2D eigenvalue weighted by molar-refractivity contribution is -0.119. The van der Waals surface area contributed by atoms with Gasteiger partial charge in [0, 0.05) is 33.4 Å². The van der Waals surface area contributed by atoms with Gasteiger partial charge in [-0.15, -0.1) is 0 Å². The summed E-state index contributed by atoms with van der Waals surface area (Å²) in [6.07, 6.45) is 3.40. The maximum absolute atomic E-state index is 10.8. The van der Waals surface area contributed by atoms with Gasteiger partial charge in [-0.3, -0.25) is 9.79 Å². The molecule has 1 atom stereocenters. The number of nitrogens with one attached hydrogen (secondary N) is 2. The van der Waals surface area contributed by atoms with E-state index in [9.17, 15) is 4.79 Å². The monoisotopic (exact) mass is 378 g/mol. The molecule has 27 heavy (non-hydrogen) atoms. The molecular formula is C19H30N4O4. The van der Waals surface area contributed by atoms with Crippen molar-refractivity contribution in [2.45, 2.75) is 31.9 Å². The Morgan fingerprint density at radius 1 is 1.41 bits per heavy atom. The van der Waals surface area contributed by atoms with Crippen LogP contribution in [0, 0.1) is 0 Å². The van der Waals surface area contributed by atoms with Gasteiger partial charge in [0.25, 0.3) is 5.91 Å². The number of ether oxygens (including phenoxy) is 3. The van der Waals surface area contributed by atoms with Gasteiger partial charge in [-0.25, -0.2) is 0 Å². The van der Waals surface area contributed by atoms with Gasteiger partial charge in [0.1, 0.15) is 5.75 Å². The number of nitrogens with zero attached hydrogens (tertiary/aromatic N) is 1. The van der Waals surface area contributed by atoms with Gasteiger partial charge in [0.05, 0.1) is 12.7 Å². The summed E-state index contributed by atoms with van der Waals surface area (Å²) in [7, 11) is 1.73. The normalized spacial score (nSPS) is 16.9. The topological polar surface area (TPSA) is 107 Å². The molecule has 1 aliphatic heterocycles. The van der Waals surface area contributed by atoms with Crippen molar-refractivity contribution < 1.29 is 19.0 Å².